The molecule has 19 heavy (non-hydrogen) atoms. The van der Waals surface area contributed by atoms with E-state index in [1.54, 1.807) is 0 Å². The summed E-state index contributed by atoms with van der Waals surface area (Å²) in [6, 6.07) is 3.92. The molecule has 0 radical (unpaired) electrons. The van der Waals surface area contributed by atoms with Crippen molar-refractivity contribution in [1.29, 1.82) is 0 Å². The molecule has 1 aliphatic rings. The molecule has 1 saturated heterocycles. The number of pyridine rings is 1. The highest BCUT2D eigenvalue weighted by Gasteiger charge is 2.29. The lowest BCUT2D eigenvalue weighted by Crippen LogP contribution is -2.47. The first-order valence-electron chi connectivity index (χ1n) is 6.48. The molecule has 0 amide bonds. The van der Waals surface area contributed by atoms with Crippen molar-refractivity contribution in [3.8, 4) is 0 Å². The number of sulfone groups is 1. The molecule has 1 atom stereocenters. The standard InChI is InChI=1S/C13H19ClN2O2S/c1-3-12-6-11(8-14)7-13(15-12)16-4-5-19(17,18)9-10(16)2/h6-7,10H,3-5,8-9H2,1-2H3. The summed E-state index contributed by atoms with van der Waals surface area (Å²) in [7, 11) is -2.90. The lowest BCUT2D eigenvalue weighted by atomic mass is 10.2. The molecular formula is C13H19ClN2O2S. The summed E-state index contributed by atoms with van der Waals surface area (Å²) >= 11 is 5.91. The number of alkyl halides is 1. The van der Waals surface area contributed by atoms with Gasteiger partial charge in [-0.2, -0.15) is 0 Å². The van der Waals surface area contributed by atoms with Crippen LogP contribution in [0.25, 0.3) is 0 Å². The summed E-state index contributed by atoms with van der Waals surface area (Å²) in [5.74, 6) is 1.69. The van der Waals surface area contributed by atoms with Crippen LogP contribution in [0.15, 0.2) is 12.1 Å². The number of halogens is 1. The fraction of sp³-hybridized carbons (Fsp3) is 0.615. The van der Waals surface area contributed by atoms with Crippen LogP contribution in [0.3, 0.4) is 0 Å². The summed E-state index contributed by atoms with van der Waals surface area (Å²) in [6.45, 7) is 4.48. The molecule has 1 aromatic rings. The van der Waals surface area contributed by atoms with E-state index in [9.17, 15) is 8.42 Å². The summed E-state index contributed by atoms with van der Waals surface area (Å²) in [4.78, 5) is 6.66. The average Bonchev–Trinajstić information content (AvgIpc) is 2.37. The van der Waals surface area contributed by atoms with Crippen LogP contribution in [0.1, 0.15) is 25.1 Å². The van der Waals surface area contributed by atoms with Crippen molar-refractivity contribution >= 4 is 27.3 Å². The topological polar surface area (TPSA) is 50.3 Å². The van der Waals surface area contributed by atoms with Gasteiger partial charge in [0.05, 0.1) is 11.5 Å². The Morgan fingerprint density at radius 2 is 2.21 bits per heavy atom. The smallest absolute Gasteiger partial charge is 0.154 e. The summed E-state index contributed by atoms with van der Waals surface area (Å²) in [5.41, 5.74) is 2.03. The van der Waals surface area contributed by atoms with Gasteiger partial charge in [0.25, 0.3) is 0 Å². The Bertz CT molecular complexity index is 538. The van der Waals surface area contributed by atoms with E-state index in [4.69, 9.17) is 11.6 Å². The first-order valence-corrected chi connectivity index (χ1v) is 8.83. The minimum Gasteiger partial charge on any atom is -0.352 e. The van der Waals surface area contributed by atoms with Crippen LogP contribution in [0.5, 0.6) is 0 Å². The predicted octanol–water partition coefficient (Wildman–Crippen LogP) is 2.01. The second-order valence-electron chi connectivity index (χ2n) is 4.97. The molecule has 0 spiro atoms. The van der Waals surface area contributed by atoms with E-state index < -0.39 is 9.84 Å². The first-order chi connectivity index (χ1) is 8.95. The number of hydrogen-bond donors (Lipinski definition) is 0. The second kappa shape index (κ2) is 5.67. The van der Waals surface area contributed by atoms with Gasteiger partial charge < -0.3 is 4.90 Å². The molecule has 1 fully saturated rings. The van der Waals surface area contributed by atoms with Crippen molar-refractivity contribution in [3.63, 3.8) is 0 Å². The Hall–Kier alpha value is -0.810. The number of rotatable bonds is 3. The predicted molar refractivity (Wildman–Crippen MR) is 78.6 cm³/mol. The van der Waals surface area contributed by atoms with E-state index in [2.05, 4.69) is 9.88 Å². The van der Waals surface area contributed by atoms with Crippen LogP contribution in [-0.4, -0.2) is 37.5 Å². The van der Waals surface area contributed by atoms with Gasteiger partial charge in [-0.25, -0.2) is 13.4 Å². The van der Waals surface area contributed by atoms with E-state index in [1.165, 1.54) is 0 Å². The van der Waals surface area contributed by atoms with Crippen molar-refractivity contribution in [3.05, 3.63) is 23.4 Å². The minimum absolute atomic E-state index is 0.0402. The molecule has 6 heteroatoms. The summed E-state index contributed by atoms with van der Waals surface area (Å²) in [5, 5.41) is 0. The maximum atomic E-state index is 11.6. The van der Waals surface area contributed by atoms with Crippen LogP contribution in [0, 0.1) is 0 Å². The van der Waals surface area contributed by atoms with E-state index in [0.29, 0.717) is 12.4 Å². The molecule has 2 heterocycles. The highest BCUT2D eigenvalue weighted by atomic mass is 35.5. The van der Waals surface area contributed by atoms with Gasteiger partial charge in [-0.3, -0.25) is 0 Å². The molecule has 0 bridgehead atoms. The summed E-state index contributed by atoms with van der Waals surface area (Å²) < 4.78 is 23.2. The highest BCUT2D eigenvalue weighted by Crippen LogP contribution is 2.22. The maximum Gasteiger partial charge on any atom is 0.154 e. The van der Waals surface area contributed by atoms with Gasteiger partial charge in [0.15, 0.2) is 9.84 Å². The molecule has 0 saturated carbocycles. The highest BCUT2D eigenvalue weighted by molar-refractivity contribution is 7.91. The van der Waals surface area contributed by atoms with Crippen molar-refractivity contribution < 1.29 is 8.42 Å². The Balaban J connectivity index is 2.31. The third kappa shape index (κ3) is 3.39. The van der Waals surface area contributed by atoms with Gasteiger partial charge in [0.2, 0.25) is 0 Å². The lowest BCUT2D eigenvalue weighted by molar-refractivity contribution is 0.566. The van der Waals surface area contributed by atoms with Crippen LogP contribution < -0.4 is 4.90 Å². The Morgan fingerprint density at radius 3 is 2.79 bits per heavy atom. The molecule has 4 nitrogen and oxygen atoms in total. The monoisotopic (exact) mass is 302 g/mol. The van der Waals surface area contributed by atoms with Crippen LogP contribution in [-0.2, 0) is 22.1 Å². The molecule has 1 aliphatic heterocycles. The minimum atomic E-state index is -2.90. The molecule has 1 unspecified atom stereocenters. The van der Waals surface area contributed by atoms with Gasteiger partial charge in [-0.05, 0) is 31.0 Å². The Kier molecular flexibility index (Phi) is 4.36. The van der Waals surface area contributed by atoms with E-state index in [1.807, 2.05) is 26.0 Å². The molecule has 1 aromatic heterocycles. The molecular weight excluding hydrogens is 284 g/mol. The lowest BCUT2D eigenvalue weighted by Gasteiger charge is -2.34. The van der Waals surface area contributed by atoms with Gasteiger partial charge in [-0.15, -0.1) is 11.6 Å². The van der Waals surface area contributed by atoms with E-state index in [0.717, 1.165) is 23.5 Å². The first kappa shape index (κ1) is 14.6. The Labute approximate surface area is 119 Å². The number of aromatic nitrogens is 1. The fourth-order valence-electron chi connectivity index (χ4n) is 2.38. The van der Waals surface area contributed by atoms with E-state index >= 15 is 0 Å². The average molecular weight is 303 g/mol. The number of hydrogen-bond acceptors (Lipinski definition) is 4. The van der Waals surface area contributed by atoms with Crippen LogP contribution in [0.2, 0.25) is 0 Å². The SMILES string of the molecule is CCc1cc(CCl)cc(N2CCS(=O)(=O)CC2C)n1. The van der Waals surface area contributed by atoms with E-state index in [-0.39, 0.29) is 17.5 Å². The van der Waals surface area contributed by atoms with Gasteiger partial charge in [0.1, 0.15) is 5.82 Å². The largest absolute Gasteiger partial charge is 0.352 e. The number of aryl methyl sites for hydroxylation is 1. The van der Waals surface area contributed by atoms with Crippen LogP contribution in [0.4, 0.5) is 5.82 Å². The van der Waals surface area contributed by atoms with Gasteiger partial charge in [-0.1, -0.05) is 6.92 Å². The third-order valence-electron chi connectivity index (χ3n) is 3.41. The second-order valence-corrected chi connectivity index (χ2v) is 7.46. The maximum absolute atomic E-state index is 11.6. The molecule has 0 aliphatic carbocycles. The normalized spacial score (nSPS) is 22.5. The number of anilines is 1. The molecule has 2 rings (SSSR count). The third-order valence-corrected chi connectivity index (χ3v) is 5.51. The molecule has 0 N–H and O–H groups in total. The summed E-state index contributed by atoms with van der Waals surface area (Å²) in [6.07, 6.45) is 0.845. The molecule has 0 aromatic carbocycles. The van der Waals surface area contributed by atoms with Crippen molar-refractivity contribution in [1.82, 2.24) is 4.98 Å². The van der Waals surface area contributed by atoms with Gasteiger partial charge >= 0.3 is 0 Å². The zero-order valence-electron chi connectivity index (χ0n) is 11.3. The van der Waals surface area contributed by atoms with Gasteiger partial charge in [0, 0.05) is 24.2 Å². The van der Waals surface area contributed by atoms with Crippen LogP contribution >= 0.6 is 11.6 Å². The van der Waals surface area contributed by atoms with Crippen molar-refractivity contribution in [2.24, 2.45) is 0 Å². The molecule has 106 valence electrons. The Morgan fingerprint density at radius 1 is 1.47 bits per heavy atom. The number of nitrogens with zero attached hydrogens (tertiary/aromatic N) is 2. The zero-order valence-corrected chi connectivity index (χ0v) is 12.8. The van der Waals surface area contributed by atoms with Crippen molar-refractivity contribution in [2.75, 3.05) is 23.0 Å². The zero-order chi connectivity index (χ0) is 14.0. The van der Waals surface area contributed by atoms with Crippen molar-refractivity contribution in [2.45, 2.75) is 32.2 Å². The quantitative estimate of drug-likeness (QED) is 0.802. The fourth-order valence-corrected chi connectivity index (χ4v) is 4.09.